The van der Waals surface area contributed by atoms with Crippen LogP contribution in [0, 0.1) is 0 Å². The van der Waals surface area contributed by atoms with Crippen molar-refractivity contribution in [3.05, 3.63) is 130 Å². The molecule has 198 valence electrons. The molecule has 0 radical (unpaired) electrons. The third kappa shape index (κ3) is 6.26. The normalized spacial score (nSPS) is 14.6. The average molecular weight is 580 g/mol. The van der Waals surface area contributed by atoms with E-state index in [-0.39, 0.29) is 0 Å². The molecule has 1 aromatic heterocycles. The quantitative estimate of drug-likeness (QED) is 0.180. The SMILES string of the molecule is Brc1ccc(Cn2c(N(Cc3ccccc3)C3CCN(CCc4ccccc4)CC3)nc3ccccc32)cc1. The lowest BCUT2D eigenvalue weighted by Crippen LogP contribution is -2.46. The topological polar surface area (TPSA) is 24.3 Å². The molecule has 1 fully saturated rings. The Labute approximate surface area is 240 Å². The number of imidazole rings is 1. The summed E-state index contributed by atoms with van der Waals surface area (Å²) in [6.45, 7) is 5.02. The van der Waals surface area contributed by atoms with E-state index in [2.05, 4.69) is 139 Å². The van der Waals surface area contributed by atoms with Crippen molar-refractivity contribution in [3.63, 3.8) is 0 Å². The number of hydrogen-bond acceptors (Lipinski definition) is 3. The van der Waals surface area contributed by atoms with Crippen molar-refractivity contribution < 1.29 is 0 Å². The molecule has 4 aromatic carbocycles. The van der Waals surface area contributed by atoms with Crippen LogP contribution in [0.25, 0.3) is 11.0 Å². The third-order valence-corrected chi connectivity index (χ3v) is 8.43. The summed E-state index contributed by atoms with van der Waals surface area (Å²) in [5, 5.41) is 0. The summed E-state index contributed by atoms with van der Waals surface area (Å²) in [6.07, 6.45) is 3.40. The highest BCUT2D eigenvalue weighted by molar-refractivity contribution is 9.10. The molecule has 6 rings (SSSR count). The van der Waals surface area contributed by atoms with Crippen molar-refractivity contribution in [3.8, 4) is 0 Å². The highest BCUT2D eigenvalue weighted by atomic mass is 79.9. The molecule has 39 heavy (non-hydrogen) atoms. The summed E-state index contributed by atoms with van der Waals surface area (Å²) < 4.78 is 3.52. The number of rotatable bonds is 9. The van der Waals surface area contributed by atoms with Gasteiger partial charge in [0.1, 0.15) is 0 Å². The summed E-state index contributed by atoms with van der Waals surface area (Å²) in [6, 6.07) is 39.4. The van der Waals surface area contributed by atoms with E-state index in [0.717, 1.165) is 67.9 Å². The standard InChI is InChI=1S/C34H35BrN4/c35-30-17-15-29(16-18-30)26-39-33-14-8-7-13-32(33)36-34(39)38(25-28-11-5-2-6-12-28)31-20-23-37(24-21-31)22-19-27-9-3-1-4-10-27/h1-18,31H,19-26H2. The Balaban J connectivity index is 1.28. The summed E-state index contributed by atoms with van der Waals surface area (Å²) in [5.41, 5.74) is 6.27. The van der Waals surface area contributed by atoms with Gasteiger partial charge in [0.25, 0.3) is 0 Å². The Morgan fingerprint density at radius 1 is 0.718 bits per heavy atom. The molecule has 0 spiro atoms. The largest absolute Gasteiger partial charge is 0.335 e. The van der Waals surface area contributed by atoms with Gasteiger partial charge in [0.15, 0.2) is 0 Å². The van der Waals surface area contributed by atoms with Crippen LogP contribution in [0.3, 0.4) is 0 Å². The first-order valence-corrected chi connectivity index (χ1v) is 14.8. The summed E-state index contributed by atoms with van der Waals surface area (Å²) in [7, 11) is 0. The molecule has 0 unspecified atom stereocenters. The smallest absolute Gasteiger partial charge is 0.207 e. The van der Waals surface area contributed by atoms with Crippen LogP contribution in [0.2, 0.25) is 0 Å². The van der Waals surface area contributed by atoms with Gasteiger partial charge in [-0.05, 0) is 60.2 Å². The lowest BCUT2D eigenvalue weighted by molar-refractivity contribution is 0.209. The Morgan fingerprint density at radius 3 is 2.08 bits per heavy atom. The molecule has 1 aliphatic heterocycles. The van der Waals surface area contributed by atoms with Crippen molar-refractivity contribution in [1.82, 2.24) is 14.5 Å². The first kappa shape index (κ1) is 25.8. The number of benzene rings is 4. The van der Waals surface area contributed by atoms with Gasteiger partial charge >= 0.3 is 0 Å². The van der Waals surface area contributed by atoms with Crippen LogP contribution >= 0.6 is 15.9 Å². The molecular weight excluding hydrogens is 544 g/mol. The summed E-state index contributed by atoms with van der Waals surface area (Å²) in [5.74, 6) is 1.07. The van der Waals surface area contributed by atoms with E-state index < -0.39 is 0 Å². The Kier molecular flexibility index (Phi) is 8.08. The van der Waals surface area contributed by atoms with Gasteiger partial charge in [-0.15, -0.1) is 0 Å². The number of halogens is 1. The molecule has 5 aromatic rings. The zero-order valence-corrected chi connectivity index (χ0v) is 23.9. The number of para-hydroxylation sites is 2. The fourth-order valence-electron chi connectivity index (χ4n) is 5.74. The summed E-state index contributed by atoms with van der Waals surface area (Å²) in [4.78, 5) is 10.5. The zero-order chi connectivity index (χ0) is 26.4. The number of piperidine rings is 1. The van der Waals surface area contributed by atoms with Gasteiger partial charge in [-0.25, -0.2) is 4.98 Å². The van der Waals surface area contributed by atoms with Gasteiger partial charge in [-0.1, -0.05) is 101 Å². The van der Waals surface area contributed by atoms with Crippen molar-refractivity contribution in [1.29, 1.82) is 0 Å². The fraction of sp³-hybridized carbons (Fsp3) is 0.265. The second-order valence-electron chi connectivity index (χ2n) is 10.5. The number of anilines is 1. The Bertz CT molecular complexity index is 1470. The first-order valence-electron chi connectivity index (χ1n) is 14.0. The maximum atomic E-state index is 5.26. The van der Waals surface area contributed by atoms with E-state index >= 15 is 0 Å². The minimum Gasteiger partial charge on any atom is -0.335 e. The van der Waals surface area contributed by atoms with Crippen LogP contribution in [0.1, 0.15) is 29.5 Å². The van der Waals surface area contributed by atoms with Crippen LogP contribution in [0.15, 0.2) is 114 Å². The lowest BCUT2D eigenvalue weighted by atomic mass is 10.0. The van der Waals surface area contributed by atoms with Crippen LogP contribution in [-0.4, -0.2) is 40.1 Å². The number of hydrogen-bond donors (Lipinski definition) is 0. The second kappa shape index (κ2) is 12.2. The van der Waals surface area contributed by atoms with Crippen molar-refractivity contribution >= 4 is 32.9 Å². The fourth-order valence-corrected chi connectivity index (χ4v) is 6.00. The van der Waals surface area contributed by atoms with Crippen molar-refractivity contribution in [2.45, 2.75) is 38.4 Å². The summed E-state index contributed by atoms with van der Waals surface area (Å²) >= 11 is 3.59. The van der Waals surface area contributed by atoms with Gasteiger partial charge in [0, 0.05) is 36.7 Å². The Hall–Kier alpha value is -3.41. The van der Waals surface area contributed by atoms with E-state index in [1.807, 2.05) is 0 Å². The molecular formula is C34H35BrN4. The number of likely N-dealkylation sites (tertiary alicyclic amines) is 1. The third-order valence-electron chi connectivity index (χ3n) is 7.90. The molecule has 0 saturated carbocycles. The molecule has 5 heteroatoms. The minimum atomic E-state index is 0.443. The molecule has 0 aliphatic carbocycles. The van der Waals surface area contributed by atoms with Gasteiger partial charge < -0.3 is 14.4 Å². The van der Waals surface area contributed by atoms with Gasteiger partial charge in [0.05, 0.1) is 17.6 Å². The highest BCUT2D eigenvalue weighted by Gasteiger charge is 2.28. The van der Waals surface area contributed by atoms with E-state index in [4.69, 9.17) is 4.98 Å². The van der Waals surface area contributed by atoms with E-state index in [0.29, 0.717) is 6.04 Å². The van der Waals surface area contributed by atoms with Gasteiger partial charge in [0.2, 0.25) is 5.95 Å². The van der Waals surface area contributed by atoms with Crippen LogP contribution in [0.5, 0.6) is 0 Å². The number of fused-ring (bicyclic) bond motifs is 1. The lowest BCUT2D eigenvalue weighted by Gasteiger charge is -2.39. The zero-order valence-electron chi connectivity index (χ0n) is 22.3. The average Bonchev–Trinajstić information content (AvgIpc) is 3.35. The molecule has 1 aliphatic rings. The van der Waals surface area contributed by atoms with Crippen LogP contribution in [0.4, 0.5) is 5.95 Å². The van der Waals surface area contributed by atoms with E-state index in [1.54, 1.807) is 0 Å². The maximum absolute atomic E-state index is 5.26. The molecule has 0 N–H and O–H groups in total. The molecule has 1 saturated heterocycles. The van der Waals surface area contributed by atoms with Crippen LogP contribution in [-0.2, 0) is 19.5 Å². The molecule has 0 amide bonds. The monoisotopic (exact) mass is 578 g/mol. The predicted octanol–water partition coefficient (Wildman–Crippen LogP) is 7.56. The van der Waals surface area contributed by atoms with Crippen LogP contribution < -0.4 is 4.90 Å². The minimum absolute atomic E-state index is 0.443. The first-order chi connectivity index (χ1) is 19.2. The van der Waals surface area contributed by atoms with Crippen molar-refractivity contribution in [2.75, 3.05) is 24.5 Å². The number of aromatic nitrogens is 2. The molecule has 0 atom stereocenters. The maximum Gasteiger partial charge on any atom is 0.207 e. The number of nitrogens with zero attached hydrogens (tertiary/aromatic N) is 4. The molecule has 2 heterocycles. The van der Waals surface area contributed by atoms with Gasteiger partial charge in [-0.3, -0.25) is 0 Å². The molecule has 0 bridgehead atoms. The van der Waals surface area contributed by atoms with Crippen molar-refractivity contribution in [2.24, 2.45) is 0 Å². The second-order valence-corrected chi connectivity index (χ2v) is 11.5. The Morgan fingerprint density at radius 2 is 1.36 bits per heavy atom. The predicted molar refractivity (Wildman–Crippen MR) is 165 cm³/mol. The van der Waals surface area contributed by atoms with E-state index in [9.17, 15) is 0 Å². The highest BCUT2D eigenvalue weighted by Crippen LogP contribution is 2.30. The van der Waals surface area contributed by atoms with E-state index in [1.165, 1.54) is 22.2 Å². The van der Waals surface area contributed by atoms with Gasteiger partial charge in [-0.2, -0.15) is 0 Å². The molecule has 4 nitrogen and oxygen atoms in total.